The Morgan fingerprint density at radius 3 is 2.25 bits per heavy atom. The molecular formula is C15H21BN2O2. The third-order valence-corrected chi connectivity index (χ3v) is 4.21. The van der Waals surface area contributed by atoms with Gasteiger partial charge >= 0.3 is 7.12 Å². The smallest absolute Gasteiger partial charge is 0.399 e. The van der Waals surface area contributed by atoms with Crippen LogP contribution in [0.2, 0.25) is 0 Å². The molecule has 2 rings (SSSR count). The second-order valence-corrected chi connectivity index (χ2v) is 6.37. The van der Waals surface area contributed by atoms with Crippen molar-refractivity contribution in [1.29, 1.82) is 5.26 Å². The second-order valence-electron chi connectivity index (χ2n) is 6.37. The van der Waals surface area contributed by atoms with E-state index in [4.69, 9.17) is 9.31 Å². The van der Waals surface area contributed by atoms with Crippen LogP contribution >= 0.6 is 0 Å². The highest BCUT2D eigenvalue weighted by atomic mass is 16.7. The molecule has 1 aromatic heterocycles. The maximum Gasteiger partial charge on any atom is 0.496 e. The van der Waals surface area contributed by atoms with E-state index in [1.165, 1.54) is 0 Å². The zero-order chi connectivity index (χ0) is 15.1. The van der Waals surface area contributed by atoms with E-state index in [-0.39, 0.29) is 5.92 Å². The monoisotopic (exact) mass is 272 g/mol. The first kappa shape index (κ1) is 15.0. The van der Waals surface area contributed by atoms with Gasteiger partial charge in [0, 0.05) is 11.2 Å². The van der Waals surface area contributed by atoms with E-state index in [1.807, 2.05) is 53.7 Å². The van der Waals surface area contributed by atoms with Crippen molar-refractivity contribution in [3.63, 3.8) is 0 Å². The predicted octanol–water partition coefficient (Wildman–Crippen LogP) is 2.32. The Balaban J connectivity index is 2.43. The number of nitrogens with zero attached hydrogens (tertiary/aromatic N) is 2. The highest BCUT2D eigenvalue weighted by molar-refractivity contribution is 6.62. The highest BCUT2D eigenvalue weighted by Gasteiger charge is 2.52. The van der Waals surface area contributed by atoms with Gasteiger partial charge in [-0.25, -0.2) is 0 Å². The first-order valence-electron chi connectivity index (χ1n) is 6.90. The normalized spacial score (nSPS) is 21.6. The van der Waals surface area contributed by atoms with Gasteiger partial charge < -0.3 is 9.31 Å². The Bertz CT molecular complexity index is 547. The molecule has 5 heteroatoms. The van der Waals surface area contributed by atoms with Crippen molar-refractivity contribution in [1.82, 2.24) is 4.98 Å². The molecular weight excluding hydrogens is 251 g/mol. The van der Waals surface area contributed by atoms with Crippen molar-refractivity contribution in [3.05, 3.63) is 23.5 Å². The zero-order valence-electron chi connectivity index (χ0n) is 13.0. The molecule has 1 aliphatic rings. The summed E-state index contributed by atoms with van der Waals surface area (Å²) in [6.07, 6.45) is 0. The topological polar surface area (TPSA) is 55.1 Å². The van der Waals surface area contributed by atoms with E-state index in [2.05, 4.69) is 11.1 Å². The predicted molar refractivity (Wildman–Crippen MR) is 78.7 cm³/mol. The maximum atomic E-state index is 9.18. The molecule has 0 amide bonds. The van der Waals surface area contributed by atoms with Gasteiger partial charge in [-0.15, -0.1) is 0 Å². The van der Waals surface area contributed by atoms with E-state index in [0.29, 0.717) is 0 Å². The Morgan fingerprint density at radius 1 is 1.20 bits per heavy atom. The highest BCUT2D eigenvalue weighted by Crippen LogP contribution is 2.36. The summed E-state index contributed by atoms with van der Waals surface area (Å²) in [5.74, 6) is -0.288. The van der Waals surface area contributed by atoms with Gasteiger partial charge in [-0.3, -0.25) is 4.98 Å². The Kier molecular flexibility index (Phi) is 3.66. The van der Waals surface area contributed by atoms with Crippen LogP contribution in [0.15, 0.2) is 12.1 Å². The molecule has 0 N–H and O–H groups in total. The number of pyridine rings is 1. The molecule has 1 fully saturated rings. The largest absolute Gasteiger partial charge is 0.496 e. The number of aryl methyl sites for hydroxylation is 1. The van der Waals surface area contributed by atoms with E-state index in [9.17, 15) is 5.26 Å². The van der Waals surface area contributed by atoms with Crippen molar-refractivity contribution in [2.45, 2.75) is 58.7 Å². The zero-order valence-corrected chi connectivity index (χ0v) is 13.0. The maximum absolute atomic E-state index is 9.18. The lowest BCUT2D eigenvalue weighted by Gasteiger charge is -2.32. The molecule has 0 aliphatic carbocycles. The molecule has 106 valence electrons. The average molecular weight is 272 g/mol. The van der Waals surface area contributed by atoms with Gasteiger partial charge in [0.15, 0.2) is 0 Å². The minimum atomic E-state index is -0.473. The molecule has 2 heterocycles. The summed E-state index contributed by atoms with van der Waals surface area (Å²) in [6.45, 7) is 11.8. The van der Waals surface area contributed by atoms with Crippen molar-refractivity contribution in [3.8, 4) is 6.07 Å². The molecule has 1 atom stereocenters. The Hall–Kier alpha value is -1.38. The molecule has 1 aromatic rings. The van der Waals surface area contributed by atoms with Crippen LogP contribution in [-0.4, -0.2) is 23.3 Å². The summed E-state index contributed by atoms with van der Waals surface area (Å²) in [7, 11) is -0.473. The van der Waals surface area contributed by atoms with Gasteiger partial charge in [0.2, 0.25) is 0 Å². The second kappa shape index (κ2) is 4.87. The number of rotatable bonds is 2. The molecule has 0 spiro atoms. The minimum Gasteiger partial charge on any atom is -0.399 e. The first-order valence-corrected chi connectivity index (χ1v) is 6.90. The summed E-state index contributed by atoms with van der Waals surface area (Å²) >= 11 is 0. The van der Waals surface area contributed by atoms with Crippen LogP contribution in [-0.2, 0) is 9.31 Å². The number of aromatic nitrogens is 1. The molecule has 0 bridgehead atoms. The quantitative estimate of drug-likeness (QED) is 0.775. The lowest BCUT2D eigenvalue weighted by atomic mass is 9.75. The third-order valence-electron chi connectivity index (χ3n) is 4.21. The molecule has 1 unspecified atom stereocenters. The number of nitriles is 1. The van der Waals surface area contributed by atoms with Crippen molar-refractivity contribution < 1.29 is 9.31 Å². The average Bonchev–Trinajstić information content (AvgIpc) is 2.57. The number of hydrogen-bond donors (Lipinski definition) is 0. The summed E-state index contributed by atoms with van der Waals surface area (Å²) < 4.78 is 12.1. The van der Waals surface area contributed by atoms with Gasteiger partial charge in [-0.05, 0) is 47.6 Å². The summed E-state index contributed by atoms with van der Waals surface area (Å²) in [5, 5.41) is 9.18. The van der Waals surface area contributed by atoms with Crippen molar-refractivity contribution in [2.75, 3.05) is 0 Å². The fourth-order valence-corrected chi connectivity index (χ4v) is 2.16. The Labute approximate surface area is 121 Å². The molecule has 4 nitrogen and oxygen atoms in total. The van der Waals surface area contributed by atoms with Crippen LogP contribution < -0.4 is 5.46 Å². The SMILES string of the molecule is Cc1ccc(B2OC(C)(C)C(C)(C)O2)c(C(C)C#N)n1. The van der Waals surface area contributed by atoms with Crippen molar-refractivity contribution >= 4 is 12.6 Å². The standard InChI is InChI=1S/C15H21BN2O2/c1-10(9-17)13-12(8-7-11(2)18-13)16-19-14(3,4)15(5,6)20-16/h7-8,10H,1-6H3. The molecule has 1 aliphatic heterocycles. The van der Waals surface area contributed by atoms with Gasteiger partial charge in [0.1, 0.15) is 0 Å². The van der Waals surface area contributed by atoms with Crippen LogP contribution in [0.3, 0.4) is 0 Å². The summed E-state index contributed by atoms with van der Waals surface area (Å²) in [6, 6.07) is 6.12. The fraction of sp³-hybridized carbons (Fsp3) is 0.600. The lowest BCUT2D eigenvalue weighted by Crippen LogP contribution is -2.41. The summed E-state index contributed by atoms with van der Waals surface area (Å²) in [5.41, 5.74) is 1.70. The summed E-state index contributed by atoms with van der Waals surface area (Å²) in [4.78, 5) is 4.50. The third kappa shape index (κ3) is 2.46. The van der Waals surface area contributed by atoms with E-state index in [0.717, 1.165) is 16.9 Å². The van der Waals surface area contributed by atoms with Crippen LogP contribution in [0, 0.1) is 18.3 Å². The molecule has 20 heavy (non-hydrogen) atoms. The van der Waals surface area contributed by atoms with E-state index >= 15 is 0 Å². The van der Waals surface area contributed by atoms with Gasteiger partial charge in [-0.1, -0.05) is 6.07 Å². The molecule has 1 saturated heterocycles. The molecule has 0 aromatic carbocycles. The van der Waals surface area contributed by atoms with Crippen molar-refractivity contribution in [2.24, 2.45) is 0 Å². The van der Waals surface area contributed by atoms with Crippen LogP contribution in [0.4, 0.5) is 0 Å². The number of hydrogen-bond acceptors (Lipinski definition) is 4. The van der Waals surface area contributed by atoms with E-state index < -0.39 is 18.3 Å². The fourth-order valence-electron chi connectivity index (χ4n) is 2.16. The minimum absolute atomic E-state index is 0.288. The molecule has 0 saturated carbocycles. The Morgan fingerprint density at radius 2 is 1.75 bits per heavy atom. The van der Waals surface area contributed by atoms with Crippen LogP contribution in [0.5, 0.6) is 0 Å². The van der Waals surface area contributed by atoms with Crippen LogP contribution in [0.25, 0.3) is 0 Å². The van der Waals surface area contributed by atoms with Gasteiger partial charge in [-0.2, -0.15) is 5.26 Å². The van der Waals surface area contributed by atoms with Gasteiger partial charge in [0.25, 0.3) is 0 Å². The molecule has 0 radical (unpaired) electrons. The van der Waals surface area contributed by atoms with Crippen LogP contribution in [0.1, 0.15) is 51.9 Å². The van der Waals surface area contributed by atoms with E-state index in [1.54, 1.807) is 0 Å². The van der Waals surface area contributed by atoms with Gasteiger partial charge in [0.05, 0.1) is 28.9 Å². The first-order chi connectivity index (χ1) is 9.18. The lowest BCUT2D eigenvalue weighted by molar-refractivity contribution is 0.00578.